The lowest BCUT2D eigenvalue weighted by Crippen LogP contribution is -2.15. The van der Waals surface area contributed by atoms with Crippen molar-refractivity contribution in [2.45, 2.75) is 29.1 Å². The Labute approximate surface area is 317 Å². The second-order valence-electron chi connectivity index (χ2n) is 14.7. The van der Waals surface area contributed by atoms with Crippen LogP contribution in [0.2, 0.25) is 5.02 Å². The lowest BCUT2D eigenvalue weighted by atomic mass is 9.82. The largest absolute Gasteiger partial charge is 0.309 e. The maximum Gasteiger partial charge on any atom is 0.0788 e. The summed E-state index contributed by atoms with van der Waals surface area (Å²) in [5, 5.41) is 5.67. The first-order chi connectivity index (χ1) is 26.0. The van der Waals surface area contributed by atoms with Crippen LogP contribution in [0.15, 0.2) is 174 Å². The van der Waals surface area contributed by atoms with E-state index >= 15 is 0 Å². The number of hydrogen-bond donors (Lipinski definition) is 0. The van der Waals surface area contributed by atoms with Gasteiger partial charge in [0.1, 0.15) is 0 Å². The summed E-state index contributed by atoms with van der Waals surface area (Å²) in [6, 6.07) is 59.8. The Bertz CT molecular complexity index is 2970. The van der Waals surface area contributed by atoms with Crippen LogP contribution in [0.3, 0.4) is 0 Å². The fourth-order valence-electron chi connectivity index (χ4n) is 8.90. The first-order valence-electron chi connectivity index (χ1n) is 18.1. The number of hydrogen-bond acceptors (Lipinski definition) is 2. The van der Waals surface area contributed by atoms with Gasteiger partial charge < -0.3 is 9.47 Å². The number of anilines is 3. The van der Waals surface area contributed by atoms with Crippen LogP contribution in [0.5, 0.6) is 0 Å². The van der Waals surface area contributed by atoms with Crippen molar-refractivity contribution in [3.8, 4) is 27.9 Å². The predicted molar refractivity (Wildman–Crippen MR) is 225 cm³/mol. The van der Waals surface area contributed by atoms with E-state index in [9.17, 15) is 0 Å². The quantitative estimate of drug-likeness (QED) is 0.180. The first-order valence-corrected chi connectivity index (χ1v) is 19.3. The molecule has 2 aliphatic rings. The molecule has 0 amide bonds. The van der Waals surface area contributed by atoms with Crippen molar-refractivity contribution < 1.29 is 0 Å². The Balaban J connectivity index is 1.11. The highest BCUT2D eigenvalue weighted by atomic mass is 35.5. The predicted octanol–water partition coefficient (Wildman–Crippen LogP) is 14.5. The van der Waals surface area contributed by atoms with Crippen molar-refractivity contribution in [3.05, 3.63) is 180 Å². The highest BCUT2D eigenvalue weighted by Crippen LogP contribution is 2.56. The van der Waals surface area contributed by atoms with Gasteiger partial charge in [0, 0.05) is 37.1 Å². The maximum atomic E-state index is 7.00. The van der Waals surface area contributed by atoms with Crippen LogP contribution in [-0.2, 0) is 5.41 Å². The SMILES string of the molecule is CC1(C)c2ccccc2-c2cc3c4cc(-c5ccc6c(c5)Sc5cccc(Cl)c5N6c5cccc6ccccc56)ccc4n(-c4ccccc4)c3cc21. The van der Waals surface area contributed by atoms with Crippen LogP contribution in [0.4, 0.5) is 17.1 Å². The number of halogens is 1. The molecule has 252 valence electrons. The molecule has 53 heavy (non-hydrogen) atoms. The van der Waals surface area contributed by atoms with E-state index < -0.39 is 0 Å². The van der Waals surface area contributed by atoms with Gasteiger partial charge in [0.05, 0.1) is 33.1 Å². The highest BCUT2D eigenvalue weighted by Gasteiger charge is 2.36. The molecule has 0 bridgehead atoms. The van der Waals surface area contributed by atoms with Gasteiger partial charge in [0.15, 0.2) is 0 Å². The van der Waals surface area contributed by atoms with Gasteiger partial charge in [-0.1, -0.05) is 134 Å². The van der Waals surface area contributed by atoms with Crippen LogP contribution in [0.25, 0.3) is 60.5 Å². The molecule has 0 unspecified atom stereocenters. The smallest absolute Gasteiger partial charge is 0.0788 e. The summed E-state index contributed by atoms with van der Waals surface area (Å²) in [5.74, 6) is 0. The summed E-state index contributed by atoms with van der Waals surface area (Å²) in [4.78, 5) is 4.70. The summed E-state index contributed by atoms with van der Waals surface area (Å²) in [6.07, 6.45) is 0. The lowest BCUT2D eigenvalue weighted by Gasteiger charge is -2.34. The molecule has 0 spiro atoms. The third-order valence-electron chi connectivity index (χ3n) is 11.4. The molecule has 0 saturated carbocycles. The van der Waals surface area contributed by atoms with Crippen molar-refractivity contribution in [3.63, 3.8) is 0 Å². The molecular weight excluding hydrogens is 684 g/mol. The van der Waals surface area contributed by atoms with E-state index in [0.717, 1.165) is 27.0 Å². The Kier molecular flexibility index (Phi) is 6.62. The minimum Gasteiger partial charge on any atom is -0.309 e. The molecule has 11 rings (SSSR count). The van der Waals surface area contributed by atoms with E-state index in [-0.39, 0.29) is 5.41 Å². The zero-order valence-electron chi connectivity index (χ0n) is 29.3. The van der Waals surface area contributed by atoms with Gasteiger partial charge in [0.25, 0.3) is 0 Å². The number of rotatable bonds is 3. The first kappa shape index (κ1) is 30.8. The molecule has 0 atom stereocenters. The number of benzene rings is 8. The molecule has 1 aliphatic heterocycles. The van der Waals surface area contributed by atoms with Gasteiger partial charge in [-0.15, -0.1) is 0 Å². The number of nitrogens with zero attached hydrogens (tertiary/aromatic N) is 2. The zero-order valence-corrected chi connectivity index (χ0v) is 30.8. The molecule has 8 aromatic carbocycles. The van der Waals surface area contributed by atoms with Crippen molar-refractivity contribution >= 4 is 73.0 Å². The minimum absolute atomic E-state index is 0.0766. The van der Waals surface area contributed by atoms with Crippen LogP contribution < -0.4 is 4.90 Å². The molecule has 9 aromatic rings. The summed E-state index contributed by atoms with van der Waals surface area (Å²) in [7, 11) is 0. The maximum absolute atomic E-state index is 7.00. The fourth-order valence-corrected chi connectivity index (χ4v) is 10.3. The van der Waals surface area contributed by atoms with Crippen LogP contribution >= 0.6 is 23.4 Å². The van der Waals surface area contributed by atoms with Gasteiger partial charge in [-0.05, 0) is 105 Å². The monoisotopic (exact) mass is 716 g/mol. The average Bonchev–Trinajstić information content (AvgIpc) is 3.63. The average molecular weight is 717 g/mol. The van der Waals surface area contributed by atoms with Crippen LogP contribution in [0.1, 0.15) is 25.0 Å². The van der Waals surface area contributed by atoms with E-state index in [4.69, 9.17) is 11.6 Å². The molecule has 0 radical (unpaired) electrons. The van der Waals surface area contributed by atoms with Crippen molar-refractivity contribution in [2.75, 3.05) is 4.90 Å². The minimum atomic E-state index is -0.0766. The molecule has 1 aromatic heterocycles. The normalized spacial score (nSPS) is 14.0. The van der Waals surface area contributed by atoms with E-state index in [1.165, 1.54) is 76.5 Å². The van der Waals surface area contributed by atoms with E-state index in [2.05, 4.69) is 181 Å². The fraction of sp³-hybridized carbons (Fsp3) is 0.0612. The van der Waals surface area contributed by atoms with Crippen molar-refractivity contribution in [1.29, 1.82) is 0 Å². The Hall–Kier alpha value is -5.74. The zero-order chi connectivity index (χ0) is 35.4. The Morgan fingerprint density at radius 1 is 0.509 bits per heavy atom. The molecule has 4 heteroatoms. The second-order valence-corrected chi connectivity index (χ2v) is 16.2. The van der Waals surface area contributed by atoms with Crippen LogP contribution in [0, 0.1) is 0 Å². The molecule has 0 N–H and O–H groups in total. The summed E-state index contributed by atoms with van der Waals surface area (Å²) in [5.41, 5.74) is 14.7. The highest BCUT2D eigenvalue weighted by molar-refractivity contribution is 7.99. The second kappa shape index (κ2) is 11.4. The topological polar surface area (TPSA) is 8.17 Å². The lowest BCUT2D eigenvalue weighted by molar-refractivity contribution is 0.661. The molecule has 2 heterocycles. The summed E-state index contributed by atoms with van der Waals surface area (Å²) in [6.45, 7) is 4.72. The van der Waals surface area contributed by atoms with Gasteiger partial charge in [-0.3, -0.25) is 0 Å². The van der Waals surface area contributed by atoms with Crippen molar-refractivity contribution in [1.82, 2.24) is 4.57 Å². The molecule has 2 nitrogen and oxygen atoms in total. The number of fused-ring (bicyclic) bond motifs is 9. The van der Waals surface area contributed by atoms with E-state index in [0.29, 0.717) is 0 Å². The number of aromatic nitrogens is 1. The third kappa shape index (κ3) is 4.48. The third-order valence-corrected chi connectivity index (χ3v) is 12.8. The number of para-hydroxylation sites is 2. The Morgan fingerprint density at radius 2 is 1.25 bits per heavy atom. The Morgan fingerprint density at radius 3 is 2.15 bits per heavy atom. The summed E-state index contributed by atoms with van der Waals surface area (Å²) >= 11 is 8.80. The van der Waals surface area contributed by atoms with Gasteiger partial charge in [-0.2, -0.15) is 0 Å². The van der Waals surface area contributed by atoms with E-state index in [1.54, 1.807) is 11.8 Å². The molecule has 1 aliphatic carbocycles. The molecule has 0 saturated heterocycles. The van der Waals surface area contributed by atoms with E-state index in [1.807, 2.05) is 6.07 Å². The standard InChI is InChI=1S/C49H33ClN2S/c1-49(2)39-18-9-8-17-35(39)36-28-38-37-26-31(22-24-43(37)51(45(38)29-40(36)49)33-14-4-3-5-15-33)32-23-25-44-47(27-32)53-46-21-11-19-41(50)48(46)52(44)42-20-10-13-30-12-6-7-16-34(30)42/h3-29H,1-2H3. The summed E-state index contributed by atoms with van der Waals surface area (Å²) < 4.78 is 2.44. The van der Waals surface area contributed by atoms with Gasteiger partial charge >= 0.3 is 0 Å². The van der Waals surface area contributed by atoms with Crippen LogP contribution in [-0.4, -0.2) is 4.57 Å². The molecular formula is C49H33ClN2S. The van der Waals surface area contributed by atoms with Gasteiger partial charge in [-0.25, -0.2) is 0 Å². The van der Waals surface area contributed by atoms with Crippen molar-refractivity contribution in [2.24, 2.45) is 0 Å². The molecule has 0 fully saturated rings. The van der Waals surface area contributed by atoms with Gasteiger partial charge in [0.2, 0.25) is 0 Å².